The van der Waals surface area contributed by atoms with Crippen LogP contribution in [0.1, 0.15) is 325 Å². The van der Waals surface area contributed by atoms with Gasteiger partial charge in [-0.15, -0.1) is 0 Å². The second kappa shape index (κ2) is 57.0. The second-order valence-electron chi connectivity index (χ2n) is 25.6. The molecule has 0 radical (unpaired) electrons. The van der Waals surface area contributed by atoms with E-state index in [1.807, 2.05) is 0 Å². The van der Waals surface area contributed by atoms with Crippen molar-refractivity contribution >= 4 is 39.5 Å². The minimum atomic E-state index is -4.95. The Kier molecular flexibility index (Phi) is 55.7. The average molecular weight is 1270 g/mol. The van der Waals surface area contributed by atoms with Crippen LogP contribution in [0.15, 0.2) is 0 Å². The zero-order valence-corrected chi connectivity index (χ0v) is 57.7. The lowest BCUT2D eigenvalue weighted by Crippen LogP contribution is -2.30. The van der Waals surface area contributed by atoms with Crippen molar-refractivity contribution in [2.75, 3.05) is 39.6 Å². The van der Waals surface area contributed by atoms with Crippen LogP contribution in [0, 0.1) is 23.7 Å². The molecule has 0 amide bonds. The molecule has 7 atom stereocenters. The van der Waals surface area contributed by atoms with Gasteiger partial charge >= 0.3 is 39.5 Å². The zero-order valence-electron chi connectivity index (χ0n) is 55.9. The maximum atomic E-state index is 13.0. The van der Waals surface area contributed by atoms with Crippen LogP contribution in [-0.2, 0) is 65.4 Å². The number of hydrogen-bond acceptors (Lipinski definition) is 15. The number of phosphoric acid groups is 2. The van der Waals surface area contributed by atoms with Crippen LogP contribution in [0.25, 0.3) is 0 Å². The third-order valence-corrected chi connectivity index (χ3v) is 17.9. The summed E-state index contributed by atoms with van der Waals surface area (Å²) in [6.45, 7) is 14.0. The van der Waals surface area contributed by atoms with Crippen LogP contribution in [0.2, 0.25) is 0 Å². The number of esters is 4. The highest BCUT2D eigenvalue weighted by Gasteiger charge is 2.30. The largest absolute Gasteiger partial charge is 0.472 e. The van der Waals surface area contributed by atoms with E-state index < -0.39 is 97.5 Å². The molecule has 17 nitrogen and oxygen atoms in total. The van der Waals surface area contributed by atoms with Gasteiger partial charge in [-0.2, -0.15) is 0 Å². The highest BCUT2D eigenvalue weighted by atomic mass is 31.2. The maximum absolute atomic E-state index is 13.0. The van der Waals surface area contributed by atoms with Crippen molar-refractivity contribution in [1.29, 1.82) is 0 Å². The van der Waals surface area contributed by atoms with Crippen molar-refractivity contribution < 1.29 is 80.2 Å². The van der Waals surface area contributed by atoms with Gasteiger partial charge in [-0.3, -0.25) is 37.3 Å². The van der Waals surface area contributed by atoms with Crippen molar-refractivity contribution in [2.45, 2.75) is 343 Å². The molecule has 0 spiro atoms. The summed E-state index contributed by atoms with van der Waals surface area (Å²) in [7, 11) is -9.90. The Bertz CT molecular complexity index is 1720. The smallest absolute Gasteiger partial charge is 0.462 e. The van der Waals surface area contributed by atoms with Crippen molar-refractivity contribution in [2.24, 2.45) is 23.7 Å². The maximum Gasteiger partial charge on any atom is 0.472 e. The molecule has 0 heterocycles. The molecule has 0 aromatic carbocycles. The minimum absolute atomic E-state index is 0.102. The number of aliphatic hydroxyl groups is 1. The highest BCUT2D eigenvalue weighted by Crippen LogP contribution is 2.45. The first-order valence-electron chi connectivity index (χ1n) is 34.8. The molecule has 0 aliphatic rings. The molecule has 0 saturated carbocycles. The van der Waals surface area contributed by atoms with Crippen LogP contribution in [0.4, 0.5) is 0 Å². The van der Waals surface area contributed by atoms with Gasteiger partial charge in [-0.1, -0.05) is 274 Å². The van der Waals surface area contributed by atoms with Crippen LogP contribution in [-0.4, -0.2) is 96.7 Å². The average Bonchev–Trinajstić information content (AvgIpc) is 3.64. The summed E-state index contributed by atoms with van der Waals surface area (Å²) >= 11 is 0. The Labute approximate surface area is 524 Å². The van der Waals surface area contributed by atoms with E-state index in [9.17, 15) is 43.2 Å². The topological polar surface area (TPSA) is 237 Å². The normalized spacial score (nSPS) is 15.0. The Morgan fingerprint density at radius 1 is 0.326 bits per heavy atom. The lowest BCUT2D eigenvalue weighted by Gasteiger charge is -2.21. The van der Waals surface area contributed by atoms with E-state index in [4.69, 9.17) is 37.0 Å². The molecule has 19 heteroatoms. The monoisotopic (exact) mass is 1270 g/mol. The second-order valence-corrected chi connectivity index (χ2v) is 28.6. The molecule has 86 heavy (non-hydrogen) atoms. The lowest BCUT2D eigenvalue weighted by molar-refractivity contribution is -0.161. The van der Waals surface area contributed by atoms with Crippen molar-refractivity contribution in [1.82, 2.24) is 0 Å². The molecular weight excluding hydrogens is 1140 g/mol. The predicted molar refractivity (Wildman–Crippen MR) is 344 cm³/mol. The number of carbonyl (C=O) groups is 4. The minimum Gasteiger partial charge on any atom is -0.462 e. The van der Waals surface area contributed by atoms with Gasteiger partial charge in [0.05, 0.1) is 26.4 Å². The van der Waals surface area contributed by atoms with Crippen molar-refractivity contribution in [3.63, 3.8) is 0 Å². The fraction of sp³-hybridized carbons (Fsp3) is 0.940. The van der Waals surface area contributed by atoms with Gasteiger partial charge in [0.25, 0.3) is 0 Å². The summed E-state index contributed by atoms with van der Waals surface area (Å²) < 4.78 is 68.1. The molecule has 0 fully saturated rings. The van der Waals surface area contributed by atoms with Gasteiger partial charge in [0, 0.05) is 25.7 Å². The standard InChI is InChI=1S/C67H130O17P2/c1-9-59(7)45-37-29-21-15-11-12-16-23-33-41-49-66(71)83-62(53-78-65(70)48-40-32-24-18-20-28-36-44-58(5)6)55-81-85(73,74)79-51-61(68)52-80-86(75,76)82-56-63(84-67(72)50-42-34-26-25-30-38-46-60(8)10-2)54-77-64(69)47-39-31-22-17-13-14-19-27-35-43-57(3)4/h57-63,68H,9-56H2,1-8H3,(H,73,74)(H,75,76)/t59?,60?,61?,62-,63-/m1/s1. The van der Waals surface area contributed by atoms with E-state index in [-0.39, 0.29) is 25.7 Å². The van der Waals surface area contributed by atoms with Gasteiger partial charge in [0.15, 0.2) is 12.2 Å². The summed E-state index contributed by atoms with van der Waals surface area (Å²) in [5, 5.41) is 10.6. The first kappa shape index (κ1) is 84.1. The molecule has 0 saturated heterocycles. The SMILES string of the molecule is CCC(C)CCCCCCCCCCCCC(=O)O[C@H](COC(=O)CCCCCCCCCC(C)C)COP(=O)(O)OCC(O)COP(=O)(O)OC[C@@H](COC(=O)CCCCCCCCCCCC(C)C)OC(=O)CCCCCCCCC(C)CC. The third-order valence-electron chi connectivity index (χ3n) is 16.0. The molecule has 5 unspecified atom stereocenters. The first-order valence-corrected chi connectivity index (χ1v) is 37.8. The Morgan fingerprint density at radius 2 is 0.558 bits per heavy atom. The van der Waals surface area contributed by atoms with E-state index >= 15 is 0 Å². The molecule has 0 aromatic rings. The third kappa shape index (κ3) is 58.4. The molecule has 0 aliphatic carbocycles. The van der Waals surface area contributed by atoms with Crippen LogP contribution in [0.5, 0.6) is 0 Å². The zero-order chi connectivity index (χ0) is 63.9. The van der Waals surface area contributed by atoms with E-state index in [1.165, 1.54) is 122 Å². The summed E-state index contributed by atoms with van der Waals surface area (Å²) in [6, 6.07) is 0. The lowest BCUT2D eigenvalue weighted by atomic mass is 9.99. The Hall–Kier alpha value is -1.94. The van der Waals surface area contributed by atoms with E-state index in [0.717, 1.165) is 114 Å². The van der Waals surface area contributed by atoms with Crippen molar-refractivity contribution in [3.8, 4) is 0 Å². The number of aliphatic hydroxyl groups excluding tert-OH is 1. The number of unbranched alkanes of at least 4 members (excludes halogenated alkanes) is 28. The van der Waals surface area contributed by atoms with Gasteiger partial charge in [-0.05, 0) is 49.4 Å². The Balaban J connectivity index is 5.26. The molecular formula is C67H130O17P2. The number of phosphoric ester groups is 2. The van der Waals surface area contributed by atoms with Gasteiger partial charge < -0.3 is 33.8 Å². The highest BCUT2D eigenvalue weighted by molar-refractivity contribution is 7.47. The first-order chi connectivity index (χ1) is 41.2. The van der Waals surface area contributed by atoms with E-state index in [2.05, 4.69) is 55.4 Å². The summed E-state index contributed by atoms with van der Waals surface area (Å²) in [6.07, 6.45) is 37.6. The van der Waals surface area contributed by atoms with E-state index in [1.54, 1.807) is 0 Å². The summed E-state index contributed by atoms with van der Waals surface area (Å²) in [5.41, 5.74) is 0. The number of ether oxygens (including phenoxy) is 4. The fourth-order valence-electron chi connectivity index (χ4n) is 9.89. The summed E-state index contributed by atoms with van der Waals surface area (Å²) in [4.78, 5) is 72.4. The van der Waals surface area contributed by atoms with Crippen LogP contribution in [0.3, 0.4) is 0 Å². The van der Waals surface area contributed by atoms with Crippen LogP contribution < -0.4 is 0 Å². The Morgan fingerprint density at radius 3 is 0.826 bits per heavy atom. The van der Waals surface area contributed by atoms with Gasteiger partial charge in [-0.25, -0.2) is 9.13 Å². The van der Waals surface area contributed by atoms with Crippen molar-refractivity contribution in [3.05, 3.63) is 0 Å². The molecule has 0 aromatic heterocycles. The molecule has 510 valence electrons. The molecule has 0 aliphatic heterocycles. The number of hydrogen-bond donors (Lipinski definition) is 3. The summed E-state index contributed by atoms with van der Waals surface area (Å²) in [5.74, 6) is 0.835. The van der Waals surface area contributed by atoms with Gasteiger partial charge in [0.1, 0.15) is 19.3 Å². The molecule has 0 rings (SSSR count). The quantitative estimate of drug-likeness (QED) is 0.0222. The van der Waals surface area contributed by atoms with Crippen LogP contribution >= 0.6 is 15.6 Å². The molecule has 3 N–H and O–H groups in total. The van der Waals surface area contributed by atoms with E-state index in [0.29, 0.717) is 31.6 Å². The van der Waals surface area contributed by atoms with Gasteiger partial charge in [0.2, 0.25) is 0 Å². The predicted octanol–water partition coefficient (Wildman–Crippen LogP) is 18.5. The molecule has 0 bridgehead atoms. The fourth-order valence-corrected chi connectivity index (χ4v) is 11.5. The number of carbonyl (C=O) groups excluding carboxylic acids is 4. The number of rotatable bonds is 64.